The monoisotopic (exact) mass is 315 g/mol. The molecule has 2 rings (SSSR count). The van der Waals surface area contributed by atoms with Crippen molar-refractivity contribution >= 4 is 45.6 Å². The van der Waals surface area contributed by atoms with Crippen LogP contribution in [0.3, 0.4) is 0 Å². The fourth-order valence-electron chi connectivity index (χ4n) is 1.50. The van der Waals surface area contributed by atoms with E-state index < -0.39 is 21.9 Å². The third-order valence-electron chi connectivity index (χ3n) is 2.41. The van der Waals surface area contributed by atoms with Gasteiger partial charge in [-0.2, -0.15) is 8.42 Å². The van der Waals surface area contributed by atoms with E-state index in [0.717, 1.165) is 0 Å². The van der Waals surface area contributed by atoms with Gasteiger partial charge in [-0.15, -0.1) is 0 Å². The first-order chi connectivity index (χ1) is 9.57. The van der Waals surface area contributed by atoms with E-state index >= 15 is 0 Å². The van der Waals surface area contributed by atoms with Gasteiger partial charge in [-0.05, 0) is 24.3 Å². The van der Waals surface area contributed by atoms with Crippen molar-refractivity contribution < 1.29 is 17.4 Å². The molecule has 21 heavy (non-hydrogen) atoms. The van der Waals surface area contributed by atoms with Crippen LogP contribution in [0.2, 0.25) is 0 Å². The Morgan fingerprint density at radius 1 is 0.952 bits per heavy atom. The summed E-state index contributed by atoms with van der Waals surface area (Å²) in [5, 5.41) is 2.31. The number of hydrogen-bond donors (Lipinski definition) is 1. The Labute approximate surface area is 145 Å². The molecular formula is C14H14NNaO4S. The number of carbonyl (C=O) groups excluding carboxylic acids is 1. The van der Waals surface area contributed by atoms with Gasteiger partial charge in [-0.3, -0.25) is 4.79 Å². The zero-order valence-electron chi connectivity index (χ0n) is 10.5. The predicted octanol–water partition coefficient (Wildman–Crippen LogP) is 1.13. The summed E-state index contributed by atoms with van der Waals surface area (Å²) in [5.41, 5.74) is 0.391. The second kappa shape index (κ2) is 8.19. The van der Waals surface area contributed by atoms with Crippen LogP contribution in [0.1, 0.15) is 10.4 Å². The van der Waals surface area contributed by atoms with Gasteiger partial charge in [0.05, 0.1) is 0 Å². The Morgan fingerprint density at radius 2 is 1.48 bits per heavy atom. The van der Waals surface area contributed by atoms with Crippen LogP contribution in [-0.4, -0.2) is 49.8 Å². The molecule has 106 valence electrons. The van der Waals surface area contributed by atoms with E-state index in [1.54, 1.807) is 48.5 Å². The van der Waals surface area contributed by atoms with Gasteiger partial charge in [0.2, 0.25) is 0 Å². The van der Waals surface area contributed by atoms with Crippen molar-refractivity contribution in [2.75, 3.05) is 5.88 Å². The first-order valence-corrected chi connectivity index (χ1v) is 7.45. The molecule has 0 saturated heterocycles. The summed E-state index contributed by atoms with van der Waals surface area (Å²) in [7, 11) is -3.87. The molecule has 5 nitrogen and oxygen atoms in total. The molecule has 0 bridgehead atoms. The summed E-state index contributed by atoms with van der Waals surface area (Å²) in [6, 6.07) is 16.5. The standard InChI is InChI=1S/C14H13NO4S.Na.H/c16-14(12-7-3-1-4-8-12)15-11-20(17,18)19-13-9-5-2-6-10-13;;/h1-10H,11H2,(H,15,16);;. The molecule has 7 heteroatoms. The van der Waals surface area contributed by atoms with Crippen molar-refractivity contribution in [1.82, 2.24) is 5.32 Å². The zero-order chi connectivity index (χ0) is 14.4. The SMILES string of the molecule is O=C(NCS(=O)(=O)Oc1ccccc1)c1ccccc1.[NaH]. The first-order valence-electron chi connectivity index (χ1n) is 5.87. The topological polar surface area (TPSA) is 72.5 Å². The van der Waals surface area contributed by atoms with Crippen LogP contribution in [0.15, 0.2) is 60.7 Å². The Bertz CT molecular complexity index is 675. The van der Waals surface area contributed by atoms with Crippen LogP contribution in [0.25, 0.3) is 0 Å². The molecule has 0 unspecified atom stereocenters. The number of nitrogens with one attached hydrogen (secondary N) is 1. The van der Waals surface area contributed by atoms with Crippen molar-refractivity contribution in [2.45, 2.75) is 0 Å². The van der Waals surface area contributed by atoms with E-state index in [1.165, 1.54) is 12.1 Å². The Morgan fingerprint density at radius 3 is 2.05 bits per heavy atom. The Balaban J connectivity index is 0.00000220. The van der Waals surface area contributed by atoms with Crippen molar-refractivity contribution in [3.63, 3.8) is 0 Å². The van der Waals surface area contributed by atoms with E-state index in [-0.39, 0.29) is 35.3 Å². The third kappa shape index (κ3) is 5.89. The van der Waals surface area contributed by atoms with Gasteiger partial charge < -0.3 is 9.50 Å². The summed E-state index contributed by atoms with van der Waals surface area (Å²) < 4.78 is 28.2. The fraction of sp³-hybridized carbons (Fsp3) is 0.0714. The van der Waals surface area contributed by atoms with Crippen molar-refractivity contribution in [3.8, 4) is 5.75 Å². The number of para-hydroxylation sites is 1. The van der Waals surface area contributed by atoms with Gasteiger partial charge in [0.15, 0.2) is 5.88 Å². The molecule has 0 fully saturated rings. The molecule has 0 heterocycles. The fourth-order valence-corrected chi connectivity index (χ4v) is 2.27. The zero-order valence-corrected chi connectivity index (χ0v) is 11.3. The molecule has 0 aliphatic carbocycles. The minimum atomic E-state index is -3.87. The normalized spacial score (nSPS) is 10.3. The third-order valence-corrected chi connectivity index (χ3v) is 3.36. The number of amides is 1. The van der Waals surface area contributed by atoms with Gasteiger partial charge >= 0.3 is 39.7 Å². The van der Waals surface area contributed by atoms with E-state index in [9.17, 15) is 13.2 Å². The van der Waals surface area contributed by atoms with E-state index in [0.29, 0.717) is 5.56 Å². The van der Waals surface area contributed by atoms with Gasteiger partial charge in [-0.25, -0.2) is 0 Å². The average Bonchev–Trinajstić information content (AvgIpc) is 2.46. The molecule has 1 N–H and O–H groups in total. The summed E-state index contributed by atoms with van der Waals surface area (Å²) in [6.07, 6.45) is 0. The molecule has 0 atom stereocenters. The van der Waals surface area contributed by atoms with Crippen molar-refractivity contribution in [2.24, 2.45) is 0 Å². The minimum absolute atomic E-state index is 0. The van der Waals surface area contributed by atoms with Crippen LogP contribution in [0.4, 0.5) is 0 Å². The van der Waals surface area contributed by atoms with Crippen LogP contribution in [0, 0.1) is 0 Å². The first kappa shape index (κ1) is 17.7. The van der Waals surface area contributed by atoms with Crippen molar-refractivity contribution in [1.29, 1.82) is 0 Å². The Kier molecular flexibility index (Phi) is 6.91. The molecule has 0 spiro atoms. The molecular weight excluding hydrogens is 301 g/mol. The van der Waals surface area contributed by atoms with E-state index in [2.05, 4.69) is 5.32 Å². The summed E-state index contributed by atoms with van der Waals surface area (Å²) in [4.78, 5) is 11.7. The molecule has 1 amide bonds. The summed E-state index contributed by atoms with van der Waals surface area (Å²) in [5.74, 6) is -0.845. The van der Waals surface area contributed by atoms with Gasteiger partial charge in [0, 0.05) is 5.56 Å². The molecule has 0 aliphatic rings. The molecule has 0 saturated carbocycles. The summed E-state index contributed by atoms with van der Waals surface area (Å²) in [6.45, 7) is 0. The number of carbonyl (C=O) groups is 1. The van der Waals surface area contributed by atoms with E-state index in [1.807, 2.05) is 0 Å². The average molecular weight is 315 g/mol. The maximum absolute atomic E-state index is 11.7. The molecule has 2 aromatic carbocycles. The second-order valence-corrected chi connectivity index (χ2v) is 5.54. The van der Waals surface area contributed by atoms with Gasteiger partial charge in [0.25, 0.3) is 5.91 Å². The van der Waals surface area contributed by atoms with Crippen LogP contribution in [0.5, 0.6) is 5.75 Å². The summed E-state index contributed by atoms with van der Waals surface area (Å²) >= 11 is 0. The quantitative estimate of drug-likeness (QED) is 0.663. The number of benzene rings is 2. The molecule has 0 radical (unpaired) electrons. The predicted molar refractivity (Wildman–Crippen MR) is 81.9 cm³/mol. The number of rotatable bonds is 5. The van der Waals surface area contributed by atoms with Crippen molar-refractivity contribution in [3.05, 3.63) is 66.2 Å². The van der Waals surface area contributed by atoms with Crippen LogP contribution in [-0.2, 0) is 10.1 Å². The molecule has 0 aliphatic heterocycles. The molecule has 0 aromatic heterocycles. The van der Waals surface area contributed by atoms with E-state index in [4.69, 9.17) is 4.18 Å². The Hall–Kier alpha value is -1.34. The number of hydrogen-bond acceptors (Lipinski definition) is 4. The van der Waals surface area contributed by atoms with Crippen LogP contribution >= 0.6 is 0 Å². The van der Waals surface area contributed by atoms with Crippen LogP contribution < -0.4 is 9.50 Å². The van der Waals surface area contributed by atoms with Gasteiger partial charge in [0.1, 0.15) is 5.75 Å². The van der Waals surface area contributed by atoms with Gasteiger partial charge in [-0.1, -0.05) is 36.4 Å². The maximum atomic E-state index is 11.7. The molecule has 2 aromatic rings. The second-order valence-electron chi connectivity index (χ2n) is 3.97.